The summed E-state index contributed by atoms with van der Waals surface area (Å²) >= 11 is 2.30. The van der Waals surface area contributed by atoms with Crippen molar-refractivity contribution in [3.8, 4) is 0 Å². The first-order valence-corrected chi connectivity index (χ1v) is 7.21. The maximum absolute atomic E-state index is 11.9. The van der Waals surface area contributed by atoms with Crippen LogP contribution in [0.25, 0.3) is 0 Å². The summed E-state index contributed by atoms with van der Waals surface area (Å²) < 4.78 is 6.17. The summed E-state index contributed by atoms with van der Waals surface area (Å²) in [6, 6.07) is 8.46. The second-order valence-corrected chi connectivity index (χ2v) is 6.08. The highest BCUT2D eigenvalue weighted by molar-refractivity contribution is 14.1. The van der Waals surface area contributed by atoms with Crippen LogP contribution in [0.15, 0.2) is 24.3 Å². The summed E-state index contributed by atoms with van der Waals surface area (Å²) in [6.07, 6.45) is 1.01. The number of carbonyl (C=O) groups is 1. The van der Waals surface area contributed by atoms with Crippen molar-refractivity contribution in [2.24, 2.45) is 5.92 Å². The highest BCUT2D eigenvalue weighted by Gasteiger charge is 2.34. The van der Waals surface area contributed by atoms with E-state index in [2.05, 4.69) is 58.8 Å². The number of carbonyl (C=O) groups excluding carboxylic acids is 1. The Balaban J connectivity index is 2.23. The molecule has 0 N–H and O–H groups in total. The minimum atomic E-state index is -0.0925. The van der Waals surface area contributed by atoms with E-state index < -0.39 is 0 Å². The molecule has 1 aromatic carbocycles. The number of piperidine rings is 1. The van der Waals surface area contributed by atoms with Gasteiger partial charge in [-0.2, -0.15) is 0 Å². The molecule has 1 aliphatic rings. The third kappa shape index (κ3) is 3.03. The number of rotatable bonds is 2. The van der Waals surface area contributed by atoms with E-state index in [9.17, 15) is 4.79 Å². The van der Waals surface area contributed by atoms with Crippen LogP contribution >= 0.6 is 22.6 Å². The molecule has 0 bridgehead atoms. The van der Waals surface area contributed by atoms with E-state index in [0.717, 1.165) is 19.5 Å². The maximum Gasteiger partial charge on any atom is 0.310 e. The number of hydrogen-bond donors (Lipinski definition) is 0. The first-order valence-electron chi connectivity index (χ1n) is 6.13. The number of benzene rings is 1. The standard InChI is InChI=1S/C14H18INO2/c1-16-8-7-12(13(9-16)14(17)18-2)10-3-5-11(15)6-4-10/h3-6,12-13H,7-9H2,1-2H3/t12-,13+/m0/s1. The van der Waals surface area contributed by atoms with Gasteiger partial charge in [-0.05, 0) is 66.2 Å². The van der Waals surface area contributed by atoms with E-state index in [1.54, 1.807) is 0 Å². The first-order chi connectivity index (χ1) is 8.61. The number of ether oxygens (including phenoxy) is 1. The molecule has 0 amide bonds. The SMILES string of the molecule is COC(=O)[C@@H]1CN(C)CC[C@H]1c1ccc(I)cc1. The fraction of sp³-hybridized carbons (Fsp3) is 0.500. The van der Waals surface area contributed by atoms with Gasteiger partial charge in [0.2, 0.25) is 0 Å². The van der Waals surface area contributed by atoms with Crippen molar-refractivity contribution in [3.05, 3.63) is 33.4 Å². The van der Waals surface area contributed by atoms with Crippen LogP contribution in [-0.2, 0) is 9.53 Å². The Bertz CT molecular complexity index is 418. The van der Waals surface area contributed by atoms with Crippen molar-refractivity contribution in [1.29, 1.82) is 0 Å². The molecule has 0 aromatic heterocycles. The van der Waals surface area contributed by atoms with Crippen molar-refractivity contribution in [2.45, 2.75) is 12.3 Å². The lowest BCUT2D eigenvalue weighted by Gasteiger charge is -2.35. The average molecular weight is 359 g/mol. The fourth-order valence-corrected chi connectivity index (χ4v) is 2.97. The minimum Gasteiger partial charge on any atom is -0.469 e. The Morgan fingerprint density at radius 2 is 2.06 bits per heavy atom. The van der Waals surface area contributed by atoms with E-state index in [-0.39, 0.29) is 17.8 Å². The highest BCUT2D eigenvalue weighted by atomic mass is 127. The molecule has 4 heteroatoms. The maximum atomic E-state index is 11.9. The number of hydrogen-bond acceptors (Lipinski definition) is 3. The zero-order chi connectivity index (χ0) is 13.1. The molecule has 1 fully saturated rings. The fourth-order valence-electron chi connectivity index (χ4n) is 2.61. The summed E-state index contributed by atoms with van der Waals surface area (Å²) in [5.74, 6) is 0.143. The van der Waals surface area contributed by atoms with Gasteiger partial charge in [0.15, 0.2) is 0 Å². The van der Waals surface area contributed by atoms with Crippen molar-refractivity contribution >= 4 is 28.6 Å². The molecule has 0 spiro atoms. The van der Waals surface area contributed by atoms with Crippen molar-refractivity contribution in [3.63, 3.8) is 0 Å². The smallest absolute Gasteiger partial charge is 0.310 e. The third-order valence-electron chi connectivity index (χ3n) is 3.62. The molecule has 3 nitrogen and oxygen atoms in total. The number of nitrogens with zero attached hydrogens (tertiary/aromatic N) is 1. The monoisotopic (exact) mass is 359 g/mol. The zero-order valence-electron chi connectivity index (χ0n) is 10.7. The van der Waals surface area contributed by atoms with Gasteiger partial charge in [-0.15, -0.1) is 0 Å². The predicted molar refractivity (Wildman–Crippen MR) is 79.5 cm³/mol. The van der Waals surface area contributed by atoms with Gasteiger partial charge in [0.05, 0.1) is 13.0 Å². The average Bonchev–Trinajstić information content (AvgIpc) is 2.39. The molecular weight excluding hydrogens is 341 g/mol. The molecular formula is C14H18INO2. The van der Waals surface area contributed by atoms with Crippen LogP contribution in [0.3, 0.4) is 0 Å². The molecule has 1 heterocycles. The van der Waals surface area contributed by atoms with Crippen LogP contribution in [0.4, 0.5) is 0 Å². The van der Waals surface area contributed by atoms with Crippen LogP contribution in [-0.4, -0.2) is 38.1 Å². The molecule has 98 valence electrons. The number of esters is 1. The Morgan fingerprint density at radius 1 is 1.39 bits per heavy atom. The molecule has 2 rings (SSSR count). The summed E-state index contributed by atoms with van der Waals surface area (Å²) in [7, 11) is 3.53. The Hall–Kier alpha value is -0.620. The first kappa shape index (κ1) is 13.8. The zero-order valence-corrected chi connectivity index (χ0v) is 12.9. The molecule has 0 radical (unpaired) electrons. The van der Waals surface area contributed by atoms with Crippen molar-refractivity contribution < 1.29 is 9.53 Å². The molecule has 0 saturated carbocycles. The predicted octanol–water partition coefficient (Wildman–Crippen LogP) is 2.50. The van der Waals surface area contributed by atoms with Crippen LogP contribution in [0.2, 0.25) is 0 Å². The molecule has 1 aliphatic heterocycles. The van der Waals surface area contributed by atoms with E-state index in [1.165, 1.54) is 16.2 Å². The quantitative estimate of drug-likeness (QED) is 0.600. The largest absolute Gasteiger partial charge is 0.469 e. The van der Waals surface area contributed by atoms with Crippen LogP contribution in [0.5, 0.6) is 0 Å². The van der Waals surface area contributed by atoms with E-state index >= 15 is 0 Å². The minimum absolute atomic E-state index is 0.0474. The summed E-state index contributed by atoms with van der Waals surface area (Å²) in [4.78, 5) is 14.1. The normalized spacial score (nSPS) is 24.8. The highest BCUT2D eigenvalue weighted by Crippen LogP contribution is 2.33. The summed E-state index contributed by atoms with van der Waals surface area (Å²) in [6.45, 7) is 1.81. The topological polar surface area (TPSA) is 29.5 Å². The van der Waals surface area contributed by atoms with Gasteiger partial charge in [0, 0.05) is 10.1 Å². The van der Waals surface area contributed by atoms with Crippen molar-refractivity contribution in [1.82, 2.24) is 4.90 Å². The van der Waals surface area contributed by atoms with Gasteiger partial charge in [-0.1, -0.05) is 12.1 Å². The van der Waals surface area contributed by atoms with E-state index in [0.29, 0.717) is 0 Å². The van der Waals surface area contributed by atoms with Gasteiger partial charge < -0.3 is 9.64 Å². The Morgan fingerprint density at radius 3 is 2.67 bits per heavy atom. The van der Waals surface area contributed by atoms with Crippen molar-refractivity contribution in [2.75, 3.05) is 27.2 Å². The Labute approximate surface area is 122 Å². The van der Waals surface area contributed by atoms with Gasteiger partial charge in [-0.25, -0.2) is 0 Å². The van der Waals surface area contributed by atoms with Crippen LogP contribution in [0.1, 0.15) is 17.9 Å². The van der Waals surface area contributed by atoms with Gasteiger partial charge in [0.1, 0.15) is 0 Å². The van der Waals surface area contributed by atoms with E-state index in [1.807, 2.05) is 0 Å². The van der Waals surface area contributed by atoms with Crippen LogP contribution in [0, 0.1) is 9.49 Å². The molecule has 0 unspecified atom stereocenters. The molecule has 1 aromatic rings. The number of likely N-dealkylation sites (tertiary alicyclic amines) is 1. The molecule has 2 atom stereocenters. The van der Waals surface area contributed by atoms with E-state index in [4.69, 9.17) is 4.74 Å². The van der Waals surface area contributed by atoms with Gasteiger partial charge in [-0.3, -0.25) is 4.79 Å². The molecule has 0 aliphatic carbocycles. The lowest BCUT2D eigenvalue weighted by atomic mass is 9.80. The summed E-state index contributed by atoms with van der Waals surface area (Å²) in [5, 5.41) is 0. The summed E-state index contributed by atoms with van der Waals surface area (Å²) in [5.41, 5.74) is 1.25. The molecule has 1 saturated heterocycles. The third-order valence-corrected chi connectivity index (χ3v) is 4.34. The lowest BCUT2D eigenvalue weighted by molar-refractivity contribution is -0.148. The lowest BCUT2D eigenvalue weighted by Crippen LogP contribution is -2.41. The second kappa shape index (κ2) is 6.02. The number of halogens is 1. The van der Waals surface area contributed by atoms with Crippen LogP contribution < -0.4 is 0 Å². The second-order valence-electron chi connectivity index (χ2n) is 4.84. The van der Waals surface area contributed by atoms with Gasteiger partial charge >= 0.3 is 5.97 Å². The molecule has 18 heavy (non-hydrogen) atoms. The van der Waals surface area contributed by atoms with Gasteiger partial charge in [0.25, 0.3) is 0 Å². The number of methoxy groups -OCH3 is 1. The Kier molecular flexibility index (Phi) is 4.61.